The zero-order chi connectivity index (χ0) is 18.9. The lowest BCUT2D eigenvalue weighted by molar-refractivity contribution is 0.106. The van der Waals surface area contributed by atoms with Gasteiger partial charge in [-0.15, -0.1) is 24.0 Å². The fourth-order valence-electron chi connectivity index (χ4n) is 4.11. The summed E-state index contributed by atoms with van der Waals surface area (Å²) in [5.74, 6) is 0.962. The average molecular weight is 500 g/mol. The number of ether oxygens (including phenoxy) is 1. The summed E-state index contributed by atoms with van der Waals surface area (Å²) >= 11 is 0. The first-order chi connectivity index (χ1) is 13.2. The minimum absolute atomic E-state index is 0. The Morgan fingerprint density at radius 1 is 1.25 bits per heavy atom. The molecular formula is C22H37IN4O. The molecule has 5 nitrogen and oxygen atoms in total. The molecule has 2 fully saturated rings. The Kier molecular flexibility index (Phi) is 10.6. The molecular weight excluding hydrogens is 463 g/mol. The maximum atomic E-state index is 5.70. The van der Waals surface area contributed by atoms with Crippen molar-refractivity contribution >= 4 is 29.9 Å². The smallest absolute Gasteiger partial charge is 0.191 e. The Bertz CT molecular complexity index is 577. The van der Waals surface area contributed by atoms with Gasteiger partial charge in [-0.25, -0.2) is 0 Å². The highest BCUT2D eigenvalue weighted by molar-refractivity contribution is 14.0. The lowest BCUT2D eigenvalue weighted by Gasteiger charge is -2.38. The third kappa shape index (κ3) is 7.52. The van der Waals surface area contributed by atoms with Crippen LogP contribution >= 0.6 is 24.0 Å². The lowest BCUT2D eigenvalue weighted by atomic mass is 9.97. The molecule has 3 atom stereocenters. The molecule has 0 spiro atoms. The molecule has 0 amide bonds. The van der Waals surface area contributed by atoms with Crippen molar-refractivity contribution in [2.24, 2.45) is 4.99 Å². The number of nitrogens with one attached hydrogen (secondary N) is 2. The van der Waals surface area contributed by atoms with Gasteiger partial charge in [0.05, 0.1) is 6.10 Å². The molecule has 0 aliphatic carbocycles. The number of benzene rings is 1. The van der Waals surface area contributed by atoms with Crippen molar-refractivity contribution in [1.82, 2.24) is 15.5 Å². The summed E-state index contributed by atoms with van der Waals surface area (Å²) in [5.41, 5.74) is 1.40. The van der Waals surface area contributed by atoms with Crippen molar-refractivity contribution in [1.29, 1.82) is 0 Å². The van der Waals surface area contributed by atoms with Crippen molar-refractivity contribution in [2.45, 2.75) is 70.7 Å². The maximum Gasteiger partial charge on any atom is 0.191 e. The van der Waals surface area contributed by atoms with Crippen molar-refractivity contribution in [2.75, 3.05) is 26.2 Å². The van der Waals surface area contributed by atoms with Crippen LogP contribution in [0.1, 0.15) is 51.5 Å². The highest BCUT2D eigenvalue weighted by Gasteiger charge is 2.26. The van der Waals surface area contributed by atoms with E-state index in [4.69, 9.17) is 9.73 Å². The van der Waals surface area contributed by atoms with Crippen LogP contribution < -0.4 is 10.6 Å². The number of piperidine rings is 1. The molecule has 6 heteroatoms. The quantitative estimate of drug-likeness (QED) is 0.340. The molecule has 1 aromatic carbocycles. The number of hydrogen-bond donors (Lipinski definition) is 2. The lowest BCUT2D eigenvalue weighted by Crippen LogP contribution is -2.51. The number of halogens is 1. The molecule has 2 aliphatic rings. The maximum absolute atomic E-state index is 5.70. The molecule has 2 saturated heterocycles. The van der Waals surface area contributed by atoms with Crippen molar-refractivity contribution in [3.63, 3.8) is 0 Å². The Balaban J connectivity index is 0.00000280. The van der Waals surface area contributed by atoms with Gasteiger partial charge in [0.2, 0.25) is 0 Å². The van der Waals surface area contributed by atoms with Crippen LogP contribution in [0.25, 0.3) is 0 Å². The second-order valence-electron chi connectivity index (χ2n) is 7.86. The molecule has 2 aliphatic heterocycles. The van der Waals surface area contributed by atoms with E-state index < -0.39 is 0 Å². The van der Waals surface area contributed by atoms with Crippen molar-refractivity contribution in [3.8, 4) is 0 Å². The third-order valence-corrected chi connectivity index (χ3v) is 5.67. The van der Waals surface area contributed by atoms with Gasteiger partial charge in [-0.3, -0.25) is 9.89 Å². The van der Waals surface area contributed by atoms with Crippen LogP contribution in [0.3, 0.4) is 0 Å². The number of hydrogen-bond acceptors (Lipinski definition) is 3. The molecule has 1 aromatic rings. The zero-order valence-corrected chi connectivity index (χ0v) is 19.7. The van der Waals surface area contributed by atoms with E-state index in [9.17, 15) is 0 Å². The second-order valence-corrected chi connectivity index (χ2v) is 7.86. The van der Waals surface area contributed by atoms with Gasteiger partial charge >= 0.3 is 0 Å². The first kappa shape index (κ1) is 23.4. The molecule has 2 N–H and O–H groups in total. The highest BCUT2D eigenvalue weighted by atomic mass is 127. The highest BCUT2D eigenvalue weighted by Crippen LogP contribution is 2.20. The molecule has 0 bridgehead atoms. The van der Waals surface area contributed by atoms with Gasteiger partial charge in [-0.1, -0.05) is 30.3 Å². The van der Waals surface area contributed by atoms with Gasteiger partial charge in [-0.2, -0.15) is 0 Å². The van der Waals surface area contributed by atoms with E-state index in [2.05, 4.69) is 59.7 Å². The summed E-state index contributed by atoms with van der Waals surface area (Å²) in [7, 11) is 0. The molecule has 3 unspecified atom stereocenters. The first-order valence-electron chi connectivity index (χ1n) is 10.7. The minimum atomic E-state index is 0. The summed E-state index contributed by atoms with van der Waals surface area (Å²) in [5, 5.41) is 7.07. The van der Waals surface area contributed by atoms with Crippen molar-refractivity contribution in [3.05, 3.63) is 35.9 Å². The van der Waals surface area contributed by atoms with E-state index in [0.29, 0.717) is 18.2 Å². The fourth-order valence-corrected chi connectivity index (χ4v) is 4.11. The predicted octanol–water partition coefficient (Wildman–Crippen LogP) is 3.78. The fraction of sp³-hybridized carbons (Fsp3) is 0.682. The molecule has 0 saturated carbocycles. The summed E-state index contributed by atoms with van der Waals surface area (Å²) in [6.45, 7) is 9.30. The molecule has 0 radical (unpaired) electrons. The normalized spacial score (nSPS) is 25.9. The van der Waals surface area contributed by atoms with Gasteiger partial charge in [-0.05, 0) is 51.5 Å². The Morgan fingerprint density at radius 2 is 2.07 bits per heavy atom. The van der Waals surface area contributed by atoms with Crippen LogP contribution in [0, 0.1) is 0 Å². The number of nitrogens with zero attached hydrogens (tertiary/aromatic N) is 2. The number of guanidine groups is 1. The van der Waals surface area contributed by atoms with Crippen LogP contribution in [-0.4, -0.2) is 55.3 Å². The summed E-state index contributed by atoms with van der Waals surface area (Å²) < 4.78 is 5.70. The topological polar surface area (TPSA) is 48.9 Å². The Labute approximate surface area is 187 Å². The zero-order valence-electron chi connectivity index (χ0n) is 17.4. The Hall–Kier alpha value is -0.860. The molecule has 158 valence electrons. The third-order valence-electron chi connectivity index (χ3n) is 5.67. The van der Waals surface area contributed by atoms with Gasteiger partial charge < -0.3 is 15.4 Å². The standard InChI is InChI=1S/C22H36N4O.HI/c1-3-23-22(24-13-11-21-10-7-15-27-21)25-20-12-14-26(18(2)16-20)17-19-8-5-4-6-9-19;/h4-6,8-9,18,20-21H,3,7,10-17H2,1-2H3,(H2,23,24,25);1H. The largest absolute Gasteiger partial charge is 0.378 e. The van der Waals surface area contributed by atoms with Gasteiger partial charge in [0.25, 0.3) is 0 Å². The van der Waals surface area contributed by atoms with E-state index in [-0.39, 0.29) is 24.0 Å². The minimum Gasteiger partial charge on any atom is -0.378 e. The molecule has 3 rings (SSSR count). The van der Waals surface area contributed by atoms with Crippen molar-refractivity contribution < 1.29 is 4.74 Å². The van der Waals surface area contributed by atoms with Gasteiger partial charge in [0.1, 0.15) is 0 Å². The number of likely N-dealkylation sites (tertiary alicyclic amines) is 1. The van der Waals surface area contributed by atoms with Crippen LogP contribution in [0.15, 0.2) is 35.3 Å². The summed E-state index contributed by atoms with van der Waals surface area (Å²) in [6, 6.07) is 11.9. The van der Waals surface area contributed by atoms with E-state index in [1.165, 1.54) is 18.4 Å². The summed E-state index contributed by atoms with van der Waals surface area (Å²) in [4.78, 5) is 7.38. The van der Waals surface area contributed by atoms with E-state index in [0.717, 1.165) is 58.0 Å². The van der Waals surface area contributed by atoms with E-state index in [1.807, 2.05) is 0 Å². The number of aliphatic imine (C=N–C) groups is 1. The van der Waals surface area contributed by atoms with Crippen LogP contribution in [-0.2, 0) is 11.3 Å². The Morgan fingerprint density at radius 3 is 2.75 bits per heavy atom. The predicted molar refractivity (Wildman–Crippen MR) is 127 cm³/mol. The number of rotatable bonds is 7. The summed E-state index contributed by atoms with van der Waals surface area (Å²) in [6.07, 6.45) is 6.15. The monoisotopic (exact) mass is 500 g/mol. The van der Waals surface area contributed by atoms with Crippen LogP contribution in [0.5, 0.6) is 0 Å². The molecule has 28 heavy (non-hydrogen) atoms. The first-order valence-corrected chi connectivity index (χ1v) is 10.7. The SMILES string of the molecule is CCNC(=NCCC1CCCO1)NC1CCN(Cc2ccccc2)C(C)C1.I. The second kappa shape index (κ2) is 12.6. The van der Waals surface area contributed by atoms with Crippen LogP contribution in [0.2, 0.25) is 0 Å². The van der Waals surface area contributed by atoms with Crippen LogP contribution in [0.4, 0.5) is 0 Å². The molecule has 2 heterocycles. The average Bonchev–Trinajstić information content (AvgIpc) is 3.18. The van der Waals surface area contributed by atoms with E-state index >= 15 is 0 Å². The van der Waals surface area contributed by atoms with Gasteiger partial charge in [0.15, 0.2) is 5.96 Å². The van der Waals surface area contributed by atoms with E-state index in [1.54, 1.807) is 0 Å². The van der Waals surface area contributed by atoms with Gasteiger partial charge in [0, 0.05) is 44.9 Å². The molecule has 0 aromatic heterocycles.